The van der Waals surface area contributed by atoms with Crippen LogP contribution in [-0.2, 0) is 11.3 Å². The highest BCUT2D eigenvalue weighted by Crippen LogP contribution is 2.23. The zero-order valence-electron chi connectivity index (χ0n) is 13.3. The second-order valence-electron chi connectivity index (χ2n) is 5.49. The van der Waals surface area contributed by atoms with Crippen molar-refractivity contribution in [3.63, 3.8) is 0 Å². The Morgan fingerprint density at radius 2 is 1.91 bits per heavy atom. The van der Waals surface area contributed by atoms with Gasteiger partial charge in [-0.2, -0.15) is 0 Å². The Bertz CT molecular complexity index is 688. The van der Waals surface area contributed by atoms with E-state index in [4.69, 9.17) is 16.3 Å². The third-order valence-corrected chi connectivity index (χ3v) is 3.73. The number of amides is 1. The van der Waals surface area contributed by atoms with Crippen molar-refractivity contribution < 1.29 is 13.9 Å². The predicted molar refractivity (Wildman–Crippen MR) is 89.2 cm³/mol. The predicted octanol–water partition coefficient (Wildman–Crippen LogP) is 4.21. The second kappa shape index (κ2) is 7.47. The molecule has 0 saturated carbocycles. The van der Waals surface area contributed by atoms with Gasteiger partial charge in [0.15, 0.2) is 6.10 Å². The van der Waals surface area contributed by atoms with Crippen LogP contribution < -0.4 is 4.74 Å². The molecule has 0 N–H and O–H groups in total. The summed E-state index contributed by atoms with van der Waals surface area (Å²) in [5.74, 6) is 0.187. The topological polar surface area (TPSA) is 29.5 Å². The van der Waals surface area contributed by atoms with Crippen molar-refractivity contribution in [3.05, 3.63) is 64.4 Å². The summed E-state index contributed by atoms with van der Waals surface area (Å²) in [6.45, 7) is 3.98. The summed E-state index contributed by atoms with van der Waals surface area (Å²) in [5.41, 5.74) is 1.73. The van der Waals surface area contributed by atoms with Gasteiger partial charge < -0.3 is 9.64 Å². The molecule has 2 aromatic carbocycles. The van der Waals surface area contributed by atoms with Gasteiger partial charge in [0.25, 0.3) is 5.91 Å². The maximum Gasteiger partial charge on any atom is 0.263 e. The van der Waals surface area contributed by atoms with Gasteiger partial charge in [-0.3, -0.25) is 4.79 Å². The monoisotopic (exact) mass is 335 g/mol. The first-order chi connectivity index (χ1) is 10.9. The fourth-order valence-electron chi connectivity index (χ4n) is 2.24. The Morgan fingerprint density at radius 3 is 2.52 bits per heavy atom. The first-order valence-corrected chi connectivity index (χ1v) is 7.67. The van der Waals surface area contributed by atoms with Gasteiger partial charge in [-0.05, 0) is 55.3 Å². The summed E-state index contributed by atoms with van der Waals surface area (Å²) in [6, 6.07) is 11.3. The van der Waals surface area contributed by atoms with Crippen LogP contribution in [0.25, 0.3) is 0 Å². The van der Waals surface area contributed by atoms with E-state index in [1.165, 1.54) is 12.1 Å². The van der Waals surface area contributed by atoms with Crippen molar-refractivity contribution in [1.29, 1.82) is 0 Å². The third kappa shape index (κ3) is 4.70. The third-order valence-electron chi connectivity index (χ3n) is 3.50. The molecule has 3 nitrogen and oxygen atoms in total. The smallest absolute Gasteiger partial charge is 0.263 e. The van der Waals surface area contributed by atoms with Crippen LogP contribution in [0.1, 0.15) is 18.1 Å². The summed E-state index contributed by atoms with van der Waals surface area (Å²) in [6.07, 6.45) is -0.625. The van der Waals surface area contributed by atoms with Gasteiger partial charge in [-0.15, -0.1) is 0 Å². The molecule has 0 bridgehead atoms. The minimum absolute atomic E-state index is 0.149. The van der Waals surface area contributed by atoms with Crippen LogP contribution in [-0.4, -0.2) is 24.0 Å². The molecule has 0 aromatic heterocycles. The maximum atomic E-state index is 12.9. The van der Waals surface area contributed by atoms with Crippen molar-refractivity contribution >= 4 is 17.5 Å². The van der Waals surface area contributed by atoms with Crippen molar-refractivity contribution in [2.75, 3.05) is 7.05 Å². The van der Waals surface area contributed by atoms with Crippen LogP contribution in [0.4, 0.5) is 4.39 Å². The number of carbonyl (C=O) groups is 1. The second-order valence-corrected chi connectivity index (χ2v) is 5.93. The molecule has 0 aliphatic heterocycles. The van der Waals surface area contributed by atoms with Gasteiger partial charge in [0.05, 0.1) is 0 Å². The number of halogens is 2. The van der Waals surface area contributed by atoms with Crippen LogP contribution in [0.15, 0.2) is 42.5 Å². The molecule has 0 radical (unpaired) electrons. The lowest BCUT2D eigenvalue weighted by atomic mass is 10.2. The van der Waals surface area contributed by atoms with E-state index in [0.717, 1.165) is 11.1 Å². The van der Waals surface area contributed by atoms with Gasteiger partial charge in [0.1, 0.15) is 11.6 Å². The van der Waals surface area contributed by atoms with E-state index in [9.17, 15) is 9.18 Å². The zero-order chi connectivity index (χ0) is 17.0. The molecule has 0 fully saturated rings. The standard InChI is InChI=1S/C18H19ClFNO2/c1-12-10-15(19)6-9-17(12)23-13(2)18(22)21(3)11-14-4-7-16(20)8-5-14/h4-10,13H,11H2,1-3H3. The first-order valence-electron chi connectivity index (χ1n) is 7.29. The summed E-state index contributed by atoms with van der Waals surface area (Å²) < 4.78 is 18.6. The normalized spacial score (nSPS) is 11.9. The molecule has 5 heteroatoms. The lowest BCUT2D eigenvalue weighted by Crippen LogP contribution is -2.37. The molecule has 1 amide bonds. The first kappa shape index (κ1) is 17.3. The number of hydrogen-bond donors (Lipinski definition) is 0. The zero-order valence-corrected chi connectivity index (χ0v) is 14.1. The molecule has 0 aliphatic carbocycles. The van der Waals surface area contributed by atoms with Crippen molar-refractivity contribution in [2.24, 2.45) is 0 Å². The molecule has 1 unspecified atom stereocenters. The largest absolute Gasteiger partial charge is 0.481 e. The molecule has 0 aliphatic rings. The SMILES string of the molecule is Cc1cc(Cl)ccc1OC(C)C(=O)N(C)Cc1ccc(F)cc1. The molecular weight excluding hydrogens is 317 g/mol. The quantitative estimate of drug-likeness (QED) is 0.819. The number of benzene rings is 2. The summed E-state index contributed by atoms with van der Waals surface area (Å²) in [5, 5.41) is 0.627. The molecule has 1 atom stereocenters. The van der Waals surface area contributed by atoms with Crippen LogP contribution in [0.2, 0.25) is 5.02 Å². The van der Waals surface area contributed by atoms with Crippen molar-refractivity contribution in [2.45, 2.75) is 26.5 Å². The number of nitrogens with zero attached hydrogens (tertiary/aromatic N) is 1. The van der Waals surface area contributed by atoms with Crippen LogP contribution >= 0.6 is 11.6 Å². The highest BCUT2D eigenvalue weighted by molar-refractivity contribution is 6.30. The van der Waals surface area contributed by atoms with E-state index in [-0.39, 0.29) is 11.7 Å². The molecule has 122 valence electrons. The van der Waals surface area contributed by atoms with Gasteiger partial charge >= 0.3 is 0 Å². The van der Waals surface area contributed by atoms with Crippen LogP contribution in [0.3, 0.4) is 0 Å². The fourth-order valence-corrected chi connectivity index (χ4v) is 2.46. The highest BCUT2D eigenvalue weighted by atomic mass is 35.5. The Balaban J connectivity index is 1.99. The van der Waals surface area contributed by atoms with Gasteiger partial charge in [-0.1, -0.05) is 23.7 Å². The van der Waals surface area contributed by atoms with E-state index in [0.29, 0.717) is 17.3 Å². The summed E-state index contributed by atoms with van der Waals surface area (Å²) in [7, 11) is 1.69. The van der Waals surface area contributed by atoms with E-state index in [1.807, 2.05) is 6.92 Å². The molecular formula is C18H19ClFNO2. The highest BCUT2D eigenvalue weighted by Gasteiger charge is 2.20. The molecule has 2 aromatic rings. The van der Waals surface area contributed by atoms with E-state index in [2.05, 4.69) is 0 Å². The summed E-state index contributed by atoms with van der Waals surface area (Å²) >= 11 is 5.91. The van der Waals surface area contributed by atoms with Crippen molar-refractivity contribution in [1.82, 2.24) is 4.90 Å². The maximum absolute atomic E-state index is 12.9. The Kier molecular flexibility index (Phi) is 5.61. The number of rotatable bonds is 5. The molecule has 0 heterocycles. The lowest BCUT2D eigenvalue weighted by molar-refractivity contribution is -0.137. The minimum Gasteiger partial charge on any atom is -0.481 e. The average Bonchev–Trinajstić information content (AvgIpc) is 2.51. The van der Waals surface area contributed by atoms with Gasteiger partial charge in [0.2, 0.25) is 0 Å². The fraction of sp³-hybridized carbons (Fsp3) is 0.278. The number of carbonyl (C=O) groups excluding carboxylic acids is 1. The number of ether oxygens (including phenoxy) is 1. The lowest BCUT2D eigenvalue weighted by Gasteiger charge is -2.23. The van der Waals surface area contributed by atoms with Crippen LogP contribution in [0, 0.1) is 12.7 Å². The molecule has 23 heavy (non-hydrogen) atoms. The minimum atomic E-state index is -0.625. The molecule has 2 rings (SSSR count). The Hall–Kier alpha value is -2.07. The van der Waals surface area contributed by atoms with Gasteiger partial charge in [0, 0.05) is 18.6 Å². The summed E-state index contributed by atoms with van der Waals surface area (Å²) in [4.78, 5) is 14.0. The van der Waals surface area contributed by atoms with Gasteiger partial charge in [-0.25, -0.2) is 4.39 Å². The Morgan fingerprint density at radius 1 is 1.26 bits per heavy atom. The van der Waals surface area contributed by atoms with Crippen LogP contribution in [0.5, 0.6) is 5.75 Å². The van der Waals surface area contributed by atoms with E-state index in [1.54, 1.807) is 49.2 Å². The Labute approximate surface area is 140 Å². The van der Waals surface area contributed by atoms with E-state index >= 15 is 0 Å². The van der Waals surface area contributed by atoms with E-state index < -0.39 is 6.10 Å². The molecule has 0 spiro atoms. The van der Waals surface area contributed by atoms with Crippen molar-refractivity contribution in [3.8, 4) is 5.75 Å². The molecule has 0 saturated heterocycles. The number of likely N-dealkylation sites (N-methyl/N-ethyl adjacent to an activating group) is 1. The number of aryl methyl sites for hydroxylation is 1. The average molecular weight is 336 g/mol. The number of hydrogen-bond acceptors (Lipinski definition) is 2.